The van der Waals surface area contributed by atoms with Crippen LogP contribution in [0.15, 0.2) is 35.9 Å². The highest BCUT2D eigenvalue weighted by molar-refractivity contribution is 8.77. The number of carbonyl (C=O) groups is 7. The third-order valence-corrected chi connectivity index (χ3v) is 19.6. The van der Waals surface area contributed by atoms with Gasteiger partial charge in [-0.25, -0.2) is 9.59 Å². The number of epoxide rings is 1. The second-order valence-corrected chi connectivity index (χ2v) is 25.8. The van der Waals surface area contributed by atoms with Gasteiger partial charge in [0.05, 0.1) is 31.2 Å². The minimum atomic E-state index is -1.87. The lowest BCUT2D eigenvalue weighted by molar-refractivity contribution is -0.162. The molecule has 0 aromatic heterocycles. The van der Waals surface area contributed by atoms with Crippen molar-refractivity contribution in [3.63, 3.8) is 0 Å². The Hall–Kier alpha value is -3.99. The lowest BCUT2D eigenvalue weighted by Gasteiger charge is -2.42. The summed E-state index contributed by atoms with van der Waals surface area (Å²) < 4.78 is 28.6. The summed E-state index contributed by atoms with van der Waals surface area (Å²) in [6, 6.07) is 2.49. The van der Waals surface area contributed by atoms with E-state index in [1.54, 1.807) is 73.7 Å². The first kappa shape index (κ1) is 62.8. The number of hydrogen-bond acceptors (Lipinski definition) is 16. The third-order valence-electron chi connectivity index (χ3n) is 15.1. The summed E-state index contributed by atoms with van der Waals surface area (Å²) in [6.07, 6.45) is 4.45. The Morgan fingerprint density at radius 2 is 1.76 bits per heavy atom. The number of fused-ring (bicyclic) bond motifs is 5. The van der Waals surface area contributed by atoms with Gasteiger partial charge in [0.1, 0.15) is 40.7 Å². The number of alkyl carbamates (subject to hydrolysis) is 1. The van der Waals surface area contributed by atoms with E-state index in [2.05, 4.69) is 10.6 Å². The van der Waals surface area contributed by atoms with Crippen molar-refractivity contribution in [1.29, 1.82) is 0 Å². The summed E-state index contributed by atoms with van der Waals surface area (Å²) in [6.45, 7) is 15.4. The second kappa shape index (κ2) is 26.8. The number of ether oxygens (including phenoxy) is 5. The normalized spacial score (nSPS) is 27.9. The maximum absolute atomic E-state index is 14.4. The van der Waals surface area contributed by atoms with Crippen LogP contribution in [0.4, 0.5) is 10.5 Å². The number of likely N-dealkylation sites (tertiary alicyclic amines) is 1. The molecule has 22 heteroatoms. The fraction of sp³-hybridized carbons (Fsp3) is 0.685. The van der Waals surface area contributed by atoms with E-state index in [9.17, 15) is 38.7 Å². The number of allylic oxidation sites excluding steroid dienone is 3. The molecule has 1 aromatic rings. The number of methoxy groups -OCH3 is 2. The van der Waals surface area contributed by atoms with Gasteiger partial charge >= 0.3 is 12.1 Å². The van der Waals surface area contributed by atoms with Gasteiger partial charge in [0.25, 0.3) is 0 Å². The number of thiol groups is 1. The molecule has 5 rings (SSSR count). The molecule has 0 aliphatic carbocycles. The standard InChI is InChI=1S/C54H80ClN5O13S3/c1-13-20-53(74,21-14-2)36-29-45(64)60(48(36)65)24-19-42(61)56-23-25-75-76-51(6,7)22-18-43(62)58(9)34(5)49(66)72-41-30-44(63)59(10)37-27-35(28-38(69-11)46(37)55)26-32(3)16-15-17-40(70-12)54(68)31-39(71-50(67)57-54)33(4)47-52(41,8)73-47/h15-17,27-28,33-34,36,39-41,47,68,74H,13-14,18-26,29-31H2,1-12H3,(H,56,61)(H,57,67)/b17-15+,32-16+/t33-,34+,36?,39+,40-,41+,47+,52+,54+/m1/s1. The molecule has 3 N–H and O–H groups in total. The number of amides is 6. The molecule has 3 saturated heterocycles. The summed E-state index contributed by atoms with van der Waals surface area (Å²) >= 11 is 11.7. The molecule has 4 aliphatic rings. The number of esters is 1. The first-order valence-electron chi connectivity index (χ1n) is 26.2. The SMILES string of the molecule is CCCC(S)(CCC)C1CC(=O)N(CCC(=O)NCCSSC(C)(C)CCC(=O)N(C)[C@@H](C)C(=O)O[C@H]2CC(=O)N(C)c3cc(cc(OC)c3Cl)C/C(C)=C/C=C/[C@@H](OC)[C@@]3(O)C[C@H](OC(=O)N3)[C@@H](C)[C@@H]3O[C@@]23C)C1=O. The van der Waals surface area contributed by atoms with Gasteiger partial charge in [-0.05, 0) is 78.0 Å². The van der Waals surface area contributed by atoms with Gasteiger partial charge in [0.2, 0.25) is 29.5 Å². The van der Waals surface area contributed by atoms with Gasteiger partial charge in [-0.15, -0.1) is 0 Å². The molecule has 4 heterocycles. The number of likely N-dealkylation sites (N-methyl/N-ethyl adjacent to an activating group) is 1. The Bertz CT molecular complexity index is 2370. The maximum atomic E-state index is 14.4. The number of aliphatic hydroxyl groups is 1. The van der Waals surface area contributed by atoms with Crippen molar-refractivity contribution in [3.05, 3.63) is 46.5 Å². The molecule has 6 amide bonds. The zero-order valence-corrected chi connectivity index (χ0v) is 49.4. The molecule has 4 aliphatic heterocycles. The first-order valence-corrected chi connectivity index (χ1v) is 29.3. The van der Waals surface area contributed by atoms with Gasteiger partial charge in [-0.3, -0.25) is 34.2 Å². The van der Waals surface area contributed by atoms with E-state index in [4.69, 9.17) is 47.9 Å². The third kappa shape index (κ3) is 15.4. The number of hydrogen-bond donors (Lipinski definition) is 4. The van der Waals surface area contributed by atoms with Crippen LogP contribution < -0.4 is 20.3 Å². The molecule has 9 atom stereocenters. The lowest BCUT2D eigenvalue weighted by atomic mass is 9.83. The Morgan fingerprint density at radius 3 is 2.41 bits per heavy atom. The molecule has 3 fully saturated rings. The highest BCUT2D eigenvalue weighted by Crippen LogP contribution is 2.50. The zero-order valence-electron chi connectivity index (χ0n) is 46.2. The lowest BCUT2D eigenvalue weighted by Crippen LogP contribution is -2.63. The summed E-state index contributed by atoms with van der Waals surface area (Å²) in [7, 11) is 9.10. The Balaban J connectivity index is 1.20. The Labute approximate surface area is 467 Å². The van der Waals surface area contributed by atoms with Crippen molar-refractivity contribution in [1.82, 2.24) is 20.4 Å². The smallest absolute Gasteiger partial charge is 0.409 e. The average Bonchev–Trinajstić information content (AvgIpc) is 3.98. The van der Waals surface area contributed by atoms with Crippen molar-refractivity contribution in [2.24, 2.45) is 11.8 Å². The number of nitrogens with one attached hydrogen (secondary N) is 2. The van der Waals surface area contributed by atoms with Gasteiger partial charge in [0, 0.05) is 81.1 Å². The highest BCUT2D eigenvalue weighted by atomic mass is 35.5. The molecule has 0 saturated carbocycles. The number of benzene rings is 1. The summed E-state index contributed by atoms with van der Waals surface area (Å²) in [5.41, 5.74) is -1.09. The Kier molecular flexibility index (Phi) is 22.1. The molecular formula is C54H80ClN5O13S3. The molecule has 4 bridgehead atoms. The van der Waals surface area contributed by atoms with Crippen LogP contribution in [-0.4, -0.2) is 155 Å². The predicted molar refractivity (Wildman–Crippen MR) is 298 cm³/mol. The number of carbonyl (C=O) groups excluding carboxylic acids is 7. The van der Waals surface area contributed by atoms with Crippen LogP contribution in [0.25, 0.3) is 0 Å². The van der Waals surface area contributed by atoms with Gasteiger partial charge in [-0.1, -0.05) is 90.6 Å². The number of imide groups is 1. The maximum Gasteiger partial charge on any atom is 0.409 e. The average molecular weight is 1140 g/mol. The van der Waals surface area contributed by atoms with Crippen LogP contribution in [0.5, 0.6) is 5.75 Å². The Morgan fingerprint density at radius 1 is 1.08 bits per heavy atom. The topological polar surface area (TPSA) is 223 Å². The van der Waals surface area contributed by atoms with Crippen molar-refractivity contribution in [2.75, 3.05) is 52.1 Å². The number of nitrogens with zero attached hydrogens (tertiary/aromatic N) is 3. The van der Waals surface area contributed by atoms with E-state index < -0.39 is 76.3 Å². The predicted octanol–water partition coefficient (Wildman–Crippen LogP) is 7.60. The van der Waals surface area contributed by atoms with Gasteiger partial charge < -0.3 is 43.9 Å². The van der Waals surface area contributed by atoms with Crippen LogP contribution in [0, 0.1) is 11.8 Å². The molecule has 0 radical (unpaired) electrons. The molecular weight excluding hydrogens is 1060 g/mol. The largest absolute Gasteiger partial charge is 0.495 e. The first-order chi connectivity index (χ1) is 35.7. The van der Waals surface area contributed by atoms with E-state index in [0.717, 1.165) is 36.8 Å². The van der Waals surface area contributed by atoms with Crippen molar-refractivity contribution in [2.45, 2.75) is 177 Å². The minimum absolute atomic E-state index is 0.00887. The molecule has 424 valence electrons. The number of rotatable bonds is 21. The summed E-state index contributed by atoms with van der Waals surface area (Å²) in [4.78, 5) is 98.1. The van der Waals surface area contributed by atoms with Gasteiger partial charge in [-0.2, -0.15) is 12.6 Å². The number of anilines is 1. The molecule has 1 unspecified atom stereocenters. The fourth-order valence-electron chi connectivity index (χ4n) is 10.3. The van der Waals surface area contributed by atoms with E-state index in [0.29, 0.717) is 36.6 Å². The van der Waals surface area contributed by atoms with Crippen molar-refractivity contribution in [3.8, 4) is 5.75 Å². The van der Waals surface area contributed by atoms with Crippen molar-refractivity contribution < 1.29 is 62.4 Å². The minimum Gasteiger partial charge on any atom is -0.495 e. The van der Waals surface area contributed by atoms with E-state index in [1.807, 2.05) is 40.7 Å². The van der Waals surface area contributed by atoms with E-state index in [1.165, 1.54) is 36.0 Å². The second-order valence-electron chi connectivity index (χ2n) is 21.4. The molecule has 0 spiro atoms. The summed E-state index contributed by atoms with van der Waals surface area (Å²) in [5, 5.41) is 17.5. The van der Waals surface area contributed by atoms with Crippen LogP contribution in [-0.2, 0) is 54.1 Å². The zero-order chi connectivity index (χ0) is 56.5. The van der Waals surface area contributed by atoms with Crippen molar-refractivity contribution >= 4 is 93.1 Å². The number of halogens is 1. The monoisotopic (exact) mass is 1140 g/mol. The van der Waals surface area contributed by atoms with E-state index in [-0.39, 0.29) is 72.0 Å². The molecule has 1 aromatic carbocycles. The van der Waals surface area contributed by atoms with Crippen LogP contribution in [0.3, 0.4) is 0 Å². The summed E-state index contributed by atoms with van der Waals surface area (Å²) in [5.74, 6) is -2.46. The molecule has 18 nitrogen and oxygen atoms in total. The van der Waals surface area contributed by atoms with Crippen LogP contribution in [0.1, 0.15) is 125 Å². The fourth-order valence-corrected chi connectivity index (χ4v) is 13.7. The highest BCUT2D eigenvalue weighted by Gasteiger charge is 2.64. The molecule has 76 heavy (non-hydrogen) atoms. The quantitative estimate of drug-likeness (QED) is 0.0232. The van der Waals surface area contributed by atoms with Gasteiger partial charge in [0.15, 0.2) is 5.72 Å². The van der Waals surface area contributed by atoms with E-state index >= 15 is 0 Å². The van der Waals surface area contributed by atoms with Crippen LogP contribution in [0.2, 0.25) is 5.02 Å². The van der Waals surface area contributed by atoms with Crippen LogP contribution >= 0.6 is 45.8 Å².